The molecule has 0 spiro atoms. The van der Waals surface area contributed by atoms with Crippen molar-refractivity contribution in [1.29, 1.82) is 0 Å². The number of allylic oxidation sites excluding steroid dienone is 1. The van der Waals surface area contributed by atoms with E-state index in [1.807, 2.05) is 20.8 Å². The quantitative estimate of drug-likeness (QED) is 0.691. The number of hydrogen-bond donors (Lipinski definition) is 3. The molecule has 140 valence electrons. The summed E-state index contributed by atoms with van der Waals surface area (Å²) < 4.78 is 5.78. The zero-order valence-corrected chi connectivity index (χ0v) is 15.0. The molecule has 0 aliphatic carbocycles. The first-order valence-corrected chi connectivity index (χ1v) is 8.55. The number of amides is 1. The predicted molar refractivity (Wildman–Crippen MR) is 91.8 cm³/mol. The van der Waals surface area contributed by atoms with E-state index in [1.54, 1.807) is 24.3 Å². The van der Waals surface area contributed by atoms with Crippen molar-refractivity contribution in [3.8, 4) is 5.75 Å². The number of aliphatic carboxylic acids is 1. The molecule has 1 aromatic rings. The molecule has 1 fully saturated rings. The van der Waals surface area contributed by atoms with Crippen molar-refractivity contribution in [3.63, 3.8) is 0 Å². The second-order valence-corrected chi connectivity index (χ2v) is 7.75. The lowest BCUT2D eigenvalue weighted by molar-refractivity contribution is -0.184. The Kier molecular flexibility index (Phi) is 4.44. The van der Waals surface area contributed by atoms with Crippen LogP contribution >= 0.6 is 0 Å². The number of fused-ring (bicyclic) bond motifs is 1. The van der Waals surface area contributed by atoms with Gasteiger partial charge in [-0.05, 0) is 30.5 Å². The lowest BCUT2D eigenvalue weighted by atomic mass is 9.86. The van der Waals surface area contributed by atoms with Crippen LogP contribution in [-0.2, 0) is 20.7 Å². The number of carbonyl (C=O) groups excluding carboxylic acids is 1. The van der Waals surface area contributed by atoms with Crippen LogP contribution in [0.15, 0.2) is 35.7 Å². The molecule has 7 nitrogen and oxygen atoms in total. The third-order valence-corrected chi connectivity index (χ3v) is 4.74. The maximum absolute atomic E-state index is 12.5. The van der Waals surface area contributed by atoms with E-state index in [2.05, 4.69) is 0 Å². The molecule has 0 radical (unpaired) electrons. The average Bonchev–Trinajstić information content (AvgIpc) is 2.90. The Hall–Kier alpha value is -2.54. The molecule has 2 aliphatic rings. The van der Waals surface area contributed by atoms with Gasteiger partial charge < -0.3 is 20.1 Å². The summed E-state index contributed by atoms with van der Waals surface area (Å²) in [7, 11) is 0. The summed E-state index contributed by atoms with van der Waals surface area (Å²) >= 11 is 0. The Morgan fingerprint density at radius 1 is 1.27 bits per heavy atom. The Bertz CT molecular complexity index is 761. The summed E-state index contributed by atoms with van der Waals surface area (Å²) in [6, 6.07) is 6.64. The third-order valence-electron chi connectivity index (χ3n) is 4.74. The minimum atomic E-state index is -1.21. The normalized spacial score (nSPS) is 23.4. The fraction of sp³-hybridized carbons (Fsp3) is 0.474. The van der Waals surface area contributed by atoms with E-state index in [0.29, 0.717) is 12.8 Å². The maximum atomic E-state index is 12.5. The predicted octanol–water partition coefficient (Wildman–Crippen LogP) is 1.84. The van der Waals surface area contributed by atoms with Gasteiger partial charge in [-0.1, -0.05) is 32.9 Å². The first kappa shape index (κ1) is 18.3. The van der Waals surface area contributed by atoms with Crippen molar-refractivity contribution in [2.45, 2.75) is 45.9 Å². The fourth-order valence-electron chi connectivity index (χ4n) is 3.38. The van der Waals surface area contributed by atoms with Crippen molar-refractivity contribution in [3.05, 3.63) is 41.3 Å². The van der Waals surface area contributed by atoms with Crippen molar-refractivity contribution in [2.75, 3.05) is 0 Å². The highest BCUT2D eigenvalue weighted by Gasteiger charge is 2.60. The van der Waals surface area contributed by atoms with Gasteiger partial charge in [0.1, 0.15) is 17.4 Å². The van der Waals surface area contributed by atoms with Crippen molar-refractivity contribution in [2.24, 2.45) is 11.3 Å². The molecule has 0 saturated carbocycles. The molecule has 26 heavy (non-hydrogen) atoms. The smallest absolute Gasteiger partial charge is 0.356 e. The summed E-state index contributed by atoms with van der Waals surface area (Å²) in [6.45, 7) is 5.45. The average molecular weight is 361 g/mol. The van der Waals surface area contributed by atoms with Gasteiger partial charge in [0.15, 0.2) is 11.9 Å². The highest BCUT2D eigenvalue weighted by molar-refractivity contribution is 5.98. The van der Waals surface area contributed by atoms with Crippen LogP contribution in [0, 0.1) is 11.3 Å². The Labute approximate surface area is 151 Å². The molecule has 3 N–H and O–H groups in total. The van der Waals surface area contributed by atoms with Gasteiger partial charge in [-0.3, -0.25) is 9.69 Å². The standard InChI is InChI=1S/C19H23NO6/c1-19(2,3)15-14(18(24)25)20-16(23)13(17(20)26-15)12(22)9-6-10-4-7-11(21)8-5-10/h4-5,7-8,12-13,17,21-22H,6,9H2,1-3H3,(H,24,25)/t12-,13+,17+/m1/s1. The summed E-state index contributed by atoms with van der Waals surface area (Å²) in [5.74, 6) is -1.98. The maximum Gasteiger partial charge on any atom is 0.356 e. The van der Waals surface area contributed by atoms with Crippen LogP contribution in [0.25, 0.3) is 0 Å². The zero-order valence-electron chi connectivity index (χ0n) is 15.0. The lowest BCUT2D eigenvalue weighted by Crippen LogP contribution is -2.63. The Balaban J connectivity index is 1.70. The van der Waals surface area contributed by atoms with E-state index >= 15 is 0 Å². The second-order valence-electron chi connectivity index (χ2n) is 7.75. The summed E-state index contributed by atoms with van der Waals surface area (Å²) in [5, 5.41) is 29.2. The zero-order chi connectivity index (χ0) is 19.2. The van der Waals surface area contributed by atoms with E-state index in [4.69, 9.17) is 4.74 Å². The second kappa shape index (κ2) is 6.32. The Morgan fingerprint density at radius 2 is 1.88 bits per heavy atom. The number of carboxylic acid groups (broad SMARTS) is 1. The topological polar surface area (TPSA) is 107 Å². The number of aliphatic hydroxyl groups is 1. The molecule has 2 aliphatic heterocycles. The van der Waals surface area contributed by atoms with E-state index < -0.39 is 35.5 Å². The molecule has 3 atom stereocenters. The number of hydrogen-bond acceptors (Lipinski definition) is 5. The van der Waals surface area contributed by atoms with Gasteiger partial charge in [0.2, 0.25) is 5.91 Å². The molecule has 0 unspecified atom stereocenters. The van der Waals surface area contributed by atoms with Crippen LogP contribution in [0.3, 0.4) is 0 Å². The van der Waals surface area contributed by atoms with Gasteiger partial charge in [-0.2, -0.15) is 0 Å². The Morgan fingerprint density at radius 3 is 2.42 bits per heavy atom. The molecule has 1 saturated heterocycles. The molecule has 7 heteroatoms. The molecular formula is C19H23NO6. The molecule has 0 aromatic heterocycles. The summed E-state index contributed by atoms with van der Waals surface area (Å²) in [6.07, 6.45) is -0.838. The molecule has 3 rings (SSSR count). The largest absolute Gasteiger partial charge is 0.508 e. The number of phenols is 1. The minimum absolute atomic E-state index is 0.130. The fourth-order valence-corrected chi connectivity index (χ4v) is 3.38. The molecule has 2 heterocycles. The molecule has 1 aromatic carbocycles. The van der Waals surface area contributed by atoms with Crippen LogP contribution < -0.4 is 0 Å². The van der Waals surface area contributed by atoms with Gasteiger partial charge in [-0.25, -0.2) is 4.79 Å². The van der Waals surface area contributed by atoms with Gasteiger partial charge in [0, 0.05) is 5.41 Å². The van der Waals surface area contributed by atoms with Crippen LogP contribution in [0.2, 0.25) is 0 Å². The number of β-lactam (4-membered cyclic amide) rings is 1. The SMILES string of the molecule is CC(C)(C)C1=C(C(=O)O)N2C(=O)[C@H]([C@H](O)CCc3ccc(O)cc3)[C@@H]2O1. The lowest BCUT2D eigenvalue weighted by Gasteiger charge is -2.43. The van der Waals surface area contributed by atoms with Crippen molar-refractivity contribution >= 4 is 11.9 Å². The monoisotopic (exact) mass is 361 g/mol. The summed E-state index contributed by atoms with van der Waals surface area (Å²) in [5.41, 5.74) is 0.236. The van der Waals surface area contributed by atoms with Crippen LogP contribution in [0.1, 0.15) is 32.8 Å². The number of carbonyl (C=O) groups is 2. The van der Waals surface area contributed by atoms with Gasteiger partial charge in [0.25, 0.3) is 0 Å². The number of benzene rings is 1. The van der Waals surface area contributed by atoms with Gasteiger partial charge in [0.05, 0.1) is 6.10 Å². The van der Waals surface area contributed by atoms with Crippen molar-refractivity contribution in [1.82, 2.24) is 4.90 Å². The molecule has 1 amide bonds. The van der Waals surface area contributed by atoms with E-state index in [9.17, 15) is 24.9 Å². The van der Waals surface area contributed by atoms with Gasteiger partial charge in [-0.15, -0.1) is 0 Å². The number of aliphatic hydroxyl groups excluding tert-OH is 1. The van der Waals surface area contributed by atoms with E-state index in [-0.39, 0.29) is 17.2 Å². The number of nitrogens with zero attached hydrogens (tertiary/aromatic N) is 1. The van der Waals surface area contributed by atoms with Crippen LogP contribution in [0.5, 0.6) is 5.75 Å². The number of rotatable bonds is 5. The number of aromatic hydroxyl groups is 1. The highest BCUT2D eigenvalue weighted by Crippen LogP contribution is 2.47. The third kappa shape index (κ3) is 3.03. The van der Waals surface area contributed by atoms with Gasteiger partial charge >= 0.3 is 5.97 Å². The first-order valence-electron chi connectivity index (χ1n) is 8.55. The first-order chi connectivity index (χ1) is 12.1. The molecular weight excluding hydrogens is 338 g/mol. The summed E-state index contributed by atoms with van der Waals surface area (Å²) in [4.78, 5) is 25.2. The number of carboxylic acids is 1. The highest BCUT2D eigenvalue weighted by atomic mass is 16.5. The van der Waals surface area contributed by atoms with E-state index in [0.717, 1.165) is 10.5 Å². The van der Waals surface area contributed by atoms with Crippen LogP contribution in [-0.4, -0.2) is 44.4 Å². The molecule has 0 bridgehead atoms. The van der Waals surface area contributed by atoms with Crippen LogP contribution in [0.4, 0.5) is 0 Å². The number of phenolic OH excluding ortho intramolecular Hbond substituents is 1. The van der Waals surface area contributed by atoms with E-state index in [1.165, 1.54) is 0 Å². The number of ether oxygens (including phenoxy) is 1. The minimum Gasteiger partial charge on any atom is -0.508 e. The number of aryl methyl sites for hydroxylation is 1. The van der Waals surface area contributed by atoms with Crippen molar-refractivity contribution < 1.29 is 29.6 Å².